The van der Waals surface area contributed by atoms with Gasteiger partial charge in [0, 0.05) is 24.8 Å². The number of aryl methyl sites for hydroxylation is 1. The van der Waals surface area contributed by atoms with Crippen molar-refractivity contribution in [2.24, 2.45) is 15.3 Å². The molecule has 4 rings (SSSR count). The largest absolute Gasteiger partial charge is 0.494 e. The van der Waals surface area contributed by atoms with E-state index in [0.29, 0.717) is 24.9 Å². The van der Waals surface area contributed by atoms with Crippen LogP contribution in [0.1, 0.15) is 36.5 Å². The highest BCUT2D eigenvalue weighted by molar-refractivity contribution is 6.09. The van der Waals surface area contributed by atoms with E-state index in [9.17, 15) is 9.90 Å². The zero-order valence-corrected chi connectivity index (χ0v) is 16.0. The molecule has 146 valence electrons. The molecule has 0 unspecified atom stereocenters. The Bertz CT molecular complexity index is 1140. The van der Waals surface area contributed by atoms with Crippen LogP contribution in [0.3, 0.4) is 0 Å². The van der Waals surface area contributed by atoms with E-state index >= 15 is 0 Å². The second-order valence-corrected chi connectivity index (χ2v) is 6.71. The van der Waals surface area contributed by atoms with Gasteiger partial charge in [0.15, 0.2) is 0 Å². The average Bonchev–Trinajstić information content (AvgIpc) is 3.02. The fourth-order valence-corrected chi connectivity index (χ4v) is 3.40. The number of hydrogen-bond donors (Lipinski definition) is 2. The maximum Gasteiger partial charge on any atom is 0.240 e. The number of aromatic nitrogens is 1. The van der Waals surface area contributed by atoms with Gasteiger partial charge in [-0.05, 0) is 24.1 Å². The van der Waals surface area contributed by atoms with E-state index < -0.39 is 0 Å². The standard InChI is InChI=1S/C22H21N5O2/c1-2-27-20-12-16(19-10-11-21(28)26-25-19)8-9-17(20)18(22(27)29)14-24-23-13-15-6-4-3-5-7-15/h3-9,12-14,29H,2,10-11H2,1H3,(H,26,28)/b23-13+,24-14+. The number of benzene rings is 2. The first-order chi connectivity index (χ1) is 14.2. The van der Waals surface area contributed by atoms with E-state index in [1.807, 2.05) is 60.0 Å². The smallest absolute Gasteiger partial charge is 0.240 e. The highest BCUT2D eigenvalue weighted by Gasteiger charge is 2.18. The van der Waals surface area contributed by atoms with Gasteiger partial charge in [-0.25, -0.2) is 5.43 Å². The normalized spacial score (nSPS) is 14.7. The number of nitrogens with zero attached hydrogens (tertiary/aromatic N) is 4. The molecule has 1 aromatic heterocycles. The predicted molar refractivity (Wildman–Crippen MR) is 115 cm³/mol. The predicted octanol–water partition coefficient (Wildman–Crippen LogP) is 3.43. The minimum absolute atomic E-state index is 0.0704. The first kappa shape index (κ1) is 18.6. The summed E-state index contributed by atoms with van der Waals surface area (Å²) in [5, 5.41) is 23.9. The summed E-state index contributed by atoms with van der Waals surface area (Å²) in [6, 6.07) is 15.6. The van der Waals surface area contributed by atoms with Crippen molar-refractivity contribution < 1.29 is 9.90 Å². The van der Waals surface area contributed by atoms with Crippen LogP contribution >= 0.6 is 0 Å². The van der Waals surface area contributed by atoms with Crippen LogP contribution in [-0.4, -0.2) is 33.7 Å². The molecule has 0 atom stereocenters. The molecule has 7 heteroatoms. The second kappa shape index (κ2) is 8.10. The van der Waals surface area contributed by atoms with Gasteiger partial charge in [0.05, 0.1) is 29.2 Å². The van der Waals surface area contributed by atoms with Gasteiger partial charge in [-0.15, -0.1) is 0 Å². The molecular formula is C22H21N5O2. The number of rotatable bonds is 5. The van der Waals surface area contributed by atoms with Crippen molar-refractivity contribution in [1.29, 1.82) is 0 Å². The summed E-state index contributed by atoms with van der Waals surface area (Å²) in [7, 11) is 0. The van der Waals surface area contributed by atoms with Crippen LogP contribution < -0.4 is 5.43 Å². The van der Waals surface area contributed by atoms with Crippen molar-refractivity contribution >= 4 is 35.0 Å². The third kappa shape index (κ3) is 3.80. The molecule has 0 spiro atoms. The lowest BCUT2D eigenvalue weighted by atomic mass is 10.0. The number of nitrogens with one attached hydrogen (secondary N) is 1. The number of aromatic hydroxyl groups is 1. The lowest BCUT2D eigenvalue weighted by molar-refractivity contribution is -0.121. The Hall–Kier alpha value is -3.74. The van der Waals surface area contributed by atoms with E-state index in [2.05, 4.69) is 20.7 Å². The zero-order valence-electron chi connectivity index (χ0n) is 16.0. The molecule has 1 aliphatic rings. The quantitative estimate of drug-likeness (QED) is 0.519. The number of amides is 1. The van der Waals surface area contributed by atoms with Crippen LogP contribution in [0.2, 0.25) is 0 Å². The van der Waals surface area contributed by atoms with Crippen LogP contribution in [0.25, 0.3) is 10.9 Å². The van der Waals surface area contributed by atoms with Gasteiger partial charge < -0.3 is 9.67 Å². The summed E-state index contributed by atoms with van der Waals surface area (Å²) in [6.07, 6.45) is 4.26. The van der Waals surface area contributed by atoms with Crippen molar-refractivity contribution in [1.82, 2.24) is 9.99 Å². The maximum atomic E-state index is 11.3. The Kier molecular flexibility index (Phi) is 5.20. The Labute approximate surface area is 168 Å². The Morgan fingerprint density at radius 1 is 1.14 bits per heavy atom. The number of carbonyl (C=O) groups is 1. The first-order valence-electron chi connectivity index (χ1n) is 9.50. The van der Waals surface area contributed by atoms with E-state index in [-0.39, 0.29) is 11.8 Å². The van der Waals surface area contributed by atoms with Crippen molar-refractivity contribution in [3.05, 3.63) is 65.2 Å². The van der Waals surface area contributed by atoms with Gasteiger partial charge in [0.25, 0.3) is 0 Å². The van der Waals surface area contributed by atoms with Crippen LogP contribution in [0, 0.1) is 0 Å². The van der Waals surface area contributed by atoms with Crippen LogP contribution in [0.15, 0.2) is 63.8 Å². The maximum absolute atomic E-state index is 11.3. The fraction of sp³-hybridized carbons (Fsp3) is 0.182. The van der Waals surface area contributed by atoms with E-state index in [4.69, 9.17) is 0 Å². The molecule has 0 saturated heterocycles. The fourth-order valence-electron chi connectivity index (χ4n) is 3.40. The molecule has 3 aromatic rings. The highest BCUT2D eigenvalue weighted by Crippen LogP contribution is 2.31. The number of carbonyl (C=O) groups excluding carboxylic acids is 1. The molecule has 1 amide bonds. The highest BCUT2D eigenvalue weighted by atomic mass is 16.3. The van der Waals surface area contributed by atoms with Crippen LogP contribution in [-0.2, 0) is 11.3 Å². The Morgan fingerprint density at radius 2 is 1.93 bits per heavy atom. The molecule has 29 heavy (non-hydrogen) atoms. The molecular weight excluding hydrogens is 366 g/mol. The minimum Gasteiger partial charge on any atom is -0.494 e. The zero-order chi connectivity index (χ0) is 20.2. The monoisotopic (exact) mass is 387 g/mol. The topological polar surface area (TPSA) is 91.3 Å². The Balaban J connectivity index is 1.68. The summed E-state index contributed by atoms with van der Waals surface area (Å²) >= 11 is 0. The van der Waals surface area contributed by atoms with E-state index in [0.717, 1.165) is 27.7 Å². The van der Waals surface area contributed by atoms with E-state index in [1.54, 1.807) is 12.4 Å². The molecule has 0 aliphatic carbocycles. The number of fused-ring (bicyclic) bond motifs is 1. The molecule has 2 aromatic carbocycles. The molecule has 1 aliphatic heterocycles. The molecule has 0 bridgehead atoms. The number of hydrazone groups is 1. The third-order valence-electron chi connectivity index (χ3n) is 4.89. The third-order valence-corrected chi connectivity index (χ3v) is 4.89. The van der Waals surface area contributed by atoms with Crippen molar-refractivity contribution in [2.45, 2.75) is 26.3 Å². The summed E-state index contributed by atoms with van der Waals surface area (Å²) in [4.78, 5) is 11.3. The van der Waals surface area contributed by atoms with Crippen LogP contribution in [0.5, 0.6) is 5.88 Å². The van der Waals surface area contributed by atoms with Crippen LogP contribution in [0.4, 0.5) is 0 Å². The summed E-state index contributed by atoms with van der Waals surface area (Å²) < 4.78 is 1.82. The van der Waals surface area contributed by atoms with Crippen molar-refractivity contribution in [3.63, 3.8) is 0 Å². The van der Waals surface area contributed by atoms with Gasteiger partial charge in [0.1, 0.15) is 0 Å². The molecule has 0 saturated carbocycles. The van der Waals surface area contributed by atoms with Crippen molar-refractivity contribution in [3.8, 4) is 5.88 Å². The summed E-state index contributed by atoms with van der Waals surface area (Å²) in [5.41, 5.74) is 6.75. The average molecular weight is 387 g/mol. The van der Waals surface area contributed by atoms with E-state index in [1.165, 1.54) is 0 Å². The van der Waals surface area contributed by atoms with Gasteiger partial charge in [-0.3, -0.25) is 4.79 Å². The first-order valence-corrected chi connectivity index (χ1v) is 9.50. The van der Waals surface area contributed by atoms with Gasteiger partial charge in [-0.2, -0.15) is 15.3 Å². The molecule has 2 heterocycles. The van der Waals surface area contributed by atoms with Gasteiger partial charge >= 0.3 is 0 Å². The van der Waals surface area contributed by atoms with Gasteiger partial charge in [-0.1, -0.05) is 42.5 Å². The molecule has 2 N–H and O–H groups in total. The molecule has 0 radical (unpaired) electrons. The van der Waals surface area contributed by atoms with Gasteiger partial charge in [0.2, 0.25) is 11.8 Å². The second-order valence-electron chi connectivity index (χ2n) is 6.71. The SMILES string of the molecule is CCn1c(O)c(/C=N/N=C/c2ccccc2)c2ccc(C3=NNC(=O)CC3)cc21. The lowest BCUT2D eigenvalue weighted by Crippen LogP contribution is -2.25. The number of hydrogen-bond acceptors (Lipinski definition) is 5. The minimum atomic E-state index is -0.0704. The molecule has 7 nitrogen and oxygen atoms in total. The Morgan fingerprint density at radius 3 is 2.66 bits per heavy atom. The summed E-state index contributed by atoms with van der Waals surface area (Å²) in [5.74, 6) is 0.0798. The lowest BCUT2D eigenvalue weighted by Gasteiger charge is -2.12. The van der Waals surface area contributed by atoms with Crippen molar-refractivity contribution in [2.75, 3.05) is 0 Å². The summed E-state index contributed by atoms with van der Waals surface area (Å²) in [6.45, 7) is 2.58. The molecule has 0 fully saturated rings.